The first-order chi connectivity index (χ1) is 15.7. The molecule has 0 saturated carbocycles. The summed E-state index contributed by atoms with van der Waals surface area (Å²) in [5, 5.41) is 15.8. The lowest BCUT2D eigenvalue weighted by atomic mass is 10.0. The van der Waals surface area contributed by atoms with Gasteiger partial charge in [0.25, 0.3) is 5.91 Å². The zero-order chi connectivity index (χ0) is 24.1. The van der Waals surface area contributed by atoms with E-state index < -0.39 is 35.8 Å². The molecule has 1 aliphatic heterocycles. The third-order valence-corrected chi connectivity index (χ3v) is 6.59. The molecule has 0 bridgehead atoms. The molecule has 0 radical (unpaired) electrons. The van der Waals surface area contributed by atoms with Gasteiger partial charge in [-0.2, -0.15) is 0 Å². The van der Waals surface area contributed by atoms with Crippen LogP contribution >= 0.6 is 35.0 Å². The summed E-state index contributed by atoms with van der Waals surface area (Å²) in [5.41, 5.74) is 1.16. The van der Waals surface area contributed by atoms with Crippen LogP contribution in [0.15, 0.2) is 42.5 Å². The average Bonchev–Trinajstić information content (AvgIpc) is 3.29. The molecule has 1 saturated heterocycles. The molecule has 0 unspecified atom stereocenters. The average molecular weight is 510 g/mol. The summed E-state index contributed by atoms with van der Waals surface area (Å²) in [6.07, 6.45) is -0.0783. The number of amides is 3. The van der Waals surface area contributed by atoms with Gasteiger partial charge >= 0.3 is 5.97 Å². The van der Waals surface area contributed by atoms with E-state index in [1.165, 1.54) is 18.7 Å². The van der Waals surface area contributed by atoms with Crippen LogP contribution in [0.5, 0.6) is 0 Å². The van der Waals surface area contributed by atoms with E-state index in [-0.39, 0.29) is 22.0 Å². The van der Waals surface area contributed by atoms with E-state index >= 15 is 0 Å². The maximum atomic E-state index is 12.8. The van der Waals surface area contributed by atoms with Gasteiger partial charge in [-0.3, -0.25) is 24.6 Å². The molecular formula is C22H21Cl2N3O5S. The van der Waals surface area contributed by atoms with Gasteiger partial charge in [-0.05, 0) is 29.8 Å². The smallest absolute Gasteiger partial charge is 0.327 e. The van der Waals surface area contributed by atoms with E-state index in [9.17, 15) is 24.3 Å². The number of nitrogens with zero attached hydrogens (tertiary/aromatic N) is 1. The summed E-state index contributed by atoms with van der Waals surface area (Å²) < 4.78 is 0. The Morgan fingerprint density at radius 2 is 1.79 bits per heavy atom. The minimum atomic E-state index is -1.36. The molecule has 174 valence electrons. The van der Waals surface area contributed by atoms with Crippen molar-refractivity contribution >= 4 is 64.3 Å². The second-order valence-electron chi connectivity index (χ2n) is 7.30. The highest BCUT2D eigenvalue weighted by atomic mass is 35.5. The van der Waals surface area contributed by atoms with Gasteiger partial charge in [0.1, 0.15) is 6.04 Å². The van der Waals surface area contributed by atoms with Crippen LogP contribution in [0.2, 0.25) is 10.0 Å². The molecular weight excluding hydrogens is 489 g/mol. The molecule has 2 atom stereocenters. The maximum absolute atomic E-state index is 12.8. The number of benzene rings is 2. The number of carbonyl (C=O) groups is 4. The number of thioether (sulfide) groups is 1. The van der Waals surface area contributed by atoms with Crippen molar-refractivity contribution in [2.24, 2.45) is 0 Å². The Balaban J connectivity index is 1.74. The van der Waals surface area contributed by atoms with E-state index in [4.69, 9.17) is 23.2 Å². The molecule has 3 N–H and O–H groups in total. The van der Waals surface area contributed by atoms with Crippen molar-refractivity contribution in [1.82, 2.24) is 10.2 Å². The zero-order valence-corrected chi connectivity index (χ0v) is 19.8. The Morgan fingerprint density at radius 3 is 2.30 bits per heavy atom. The molecule has 33 heavy (non-hydrogen) atoms. The monoisotopic (exact) mass is 509 g/mol. The van der Waals surface area contributed by atoms with Crippen molar-refractivity contribution in [3.05, 3.63) is 63.6 Å². The fourth-order valence-electron chi connectivity index (χ4n) is 3.39. The van der Waals surface area contributed by atoms with Gasteiger partial charge in [0.2, 0.25) is 11.8 Å². The van der Waals surface area contributed by atoms with Crippen molar-refractivity contribution in [3.63, 3.8) is 0 Å². The molecule has 3 amide bonds. The fraction of sp³-hybridized carbons (Fsp3) is 0.273. The van der Waals surface area contributed by atoms with Crippen molar-refractivity contribution in [1.29, 1.82) is 0 Å². The summed E-state index contributed by atoms with van der Waals surface area (Å²) in [4.78, 5) is 50.2. The Morgan fingerprint density at radius 1 is 1.15 bits per heavy atom. The molecule has 2 aromatic carbocycles. The number of nitrogens with one attached hydrogen (secondary N) is 2. The highest BCUT2D eigenvalue weighted by Crippen LogP contribution is 2.25. The first kappa shape index (κ1) is 25.0. The number of hydrogen-bond donors (Lipinski definition) is 3. The van der Waals surface area contributed by atoms with Crippen LogP contribution in [0, 0.1) is 0 Å². The molecule has 11 heteroatoms. The topological polar surface area (TPSA) is 116 Å². The number of imide groups is 1. The van der Waals surface area contributed by atoms with Crippen molar-refractivity contribution < 1.29 is 24.3 Å². The highest BCUT2D eigenvalue weighted by Gasteiger charge is 2.37. The van der Waals surface area contributed by atoms with Crippen LogP contribution in [0.3, 0.4) is 0 Å². The number of aliphatic carboxylic acids is 1. The lowest BCUT2D eigenvalue weighted by Crippen LogP contribution is -2.54. The number of carboxylic acids is 1. The Bertz CT molecular complexity index is 1050. The quantitative estimate of drug-likeness (QED) is 0.524. The van der Waals surface area contributed by atoms with E-state index in [2.05, 4.69) is 10.6 Å². The third kappa shape index (κ3) is 6.05. The number of carbonyl (C=O) groups excluding carboxylic acids is 3. The minimum Gasteiger partial charge on any atom is -0.480 e. The number of carboxylic acid groups (broad SMARTS) is 1. The molecule has 3 rings (SSSR count). The second kappa shape index (κ2) is 11.0. The van der Waals surface area contributed by atoms with Gasteiger partial charge in [0.05, 0.1) is 21.7 Å². The molecule has 0 aromatic heterocycles. The van der Waals surface area contributed by atoms with Crippen LogP contribution in [-0.2, 0) is 20.8 Å². The summed E-state index contributed by atoms with van der Waals surface area (Å²) >= 11 is 13.6. The van der Waals surface area contributed by atoms with E-state index in [1.54, 1.807) is 42.5 Å². The van der Waals surface area contributed by atoms with Gasteiger partial charge in [-0.1, -0.05) is 41.4 Å². The molecule has 0 spiro atoms. The Kier molecular flexibility index (Phi) is 8.36. The normalized spacial score (nSPS) is 16.2. The van der Waals surface area contributed by atoms with Gasteiger partial charge < -0.3 is 10.4 Å². The van der Waals surface area contributed by atoms with E-state index in [0.29, 0.717) is 22.9 Å². The maximum Gasteiger partial charge on any atom is 0.327 e. The van der Waals surface area contributed by atoms with E-state index in [0.717, 1.165) is 4.90 Å². The second-order valence-corrected chi connectivity index (χ2v) is 9.15. The Hall–Kier alpha value is -2.59. The molecule has 2 aromatic rings. The number of hydrogen-bond acceptors (Lipinski definition) is 6. The molecule has 1 aliphatic rings. The molecule has 1 fully saturated rings. The SMILES string of the molecule is CC(=O)N(C(=O)[C@@H]1CSCN1)[C@@H](Cc1ccc(NC(=O)c2c(Cl)cccc2Cl)cc1)C(=O)O. The van der Waals surface area contributed by atoms with Crippen LogP contribution in [-0.4, -0.2) is 57.4 Å². The van der Waals surface area contributed by atoms with Crippen LogP contribution in [0.4, 0.5) is 5.69 Å². The first-order valence-electron chi connectivity index (χ1n) is 9.91. The van der Waals surface area contributed by atoms with Crippen molar-refractivity contribution in [2.75, 3.05) is 16.9 Å². The van der Waals surface area contributed by atoms with E-state index in [1.807, 2.05) is 0 Å². The minimum absolute atomic E-state index is 0.0783. The van der Waals surface area contributed by atoms with Gasteiger partial charge in [0, 0.05) is 30.7 Å². The zero-order valence-electron chi connectivity index (χ0n) is 17.5. The lowest BCUT2D eigenvalue weighted by molar-refractivity contribution is -0.157. The number of halogens is 2. The van der Waals surface area contributed by atoms with Crippen molar-refractivity contribution in [3.8, 4) is 0 Å². The number of anilines is 1. The largest absolute Gasteiger partial charge is 0.480 e. The van der Waals surface area contributed by atoms with Gasteiger partial charge in [-0.15, -0.1) is 11.8 Å². The molecule has 0 aliphatic carbocycles. The third-order valence-electron chi connectivity index (χ3n) is 5.02. The summed E-state index contributed by atoms with van der Waals surface area (Å²) in [7, 11) is 0. The predicted octanol–water partition coefficient (Wildman–Crippen LogP) is 3.28. The molecule has 8 nitrogen and oxygen atoms in total. The van der Waals surface area contributed by atoms with Crippen LogP contribution in [0.25, 0.3) is 0 Å². The molecule has 1 heterocycles. The summed E-state index contributed by atoms with van der Waals surface area (Å²) in [5.74, 6) is -1.93. The fourth-order valence-corrected chi connectivity index (χ4v) is 4.90. The highest BCUT2D eigenvalue weighted by molar-refractivity contribution is 7.99. The van der Waals surface area contributed by atoms with Crippen molar-refractivity contribution in [2.45, 2.75) is 25.4 Å². The summed E-state index contributed by atoms with van der Waals surface area (Å²) in [6, 6.07) is 9.20. The Labute approximate surface area is 204 Å². The lowest BCUT2D eigenvalue weighted by Gasteiger charge is -2.28. The van der Waals surface area contributed by atoms with Crippen LogP contribution in [0.1, 0.15) is 22.8 Å². The first-order valence-corrected chi connectivity index (χ1v) is 11.8. The summed E-state index contributed by atoms with van der Waals surface area (Å²) in [6.45, 7) is 1.18. The number of rotatable bonds is 7. The van der Waals surface area contributed by atoms with Crippen LogP contribution < -0.4 is 10.6 Å². The van der Waals surface area contributed by atoms with Gasteiger partial charge in [-0.25, -0.2) is 4.79 Å². The van der Waals surface area contributed by atoms with Gasteiger partial charge in [0.15, 0.2) is 0 Å². The standard InChI is InChI=1S/C22H21Cl2N3O5S/c1-12(28)27(21(30)17-10-33-11-25-17)18(22(31)32)9-13-5-7-14(8-6-13)26-20(29)19-15(23)3-2-4-16(19)24/h2-8,17-18,25H,9-11H2,1H3,(H,26,29)(H,31,32)/t17-,18-/m0/s1. The predicted molar refractivity (Wildman–Crippen MR) is 128 cm³/mol.